The molecule has 2 aromatic heterocycles. The Bertz CT molecular complexity index is 845. The summed E-state index contributed by atoms with van der Waals surface area (Å²) in [6, 6.07) is 0. The van der Waals surface area contributed by atoms with E-state index in [-0.39, 0.29) is 11.3 Å². The smallest absolute Gasteiger partial charge is 0.222 e. The molecule has 0 bridgehead atoms. The molecule has 2 saturated heterocycles. The third-order valence-electron chi connectivity index (χ3n) is 6.41. The van der Waals surface area contributed by atoms with Crippen molar-refractivity contribution in [2.45, 2.75) is 52.6 Å². The van der Waals surface area contributed by atoms with E-state index in [0.29, 0.717) is 13.0 Å². The average Bonchev–Trinajstić information content (AvgIpc) is 2.99. The van der Waals surface area contributed by atoms with Crippen LogP contribution in [0.25, 0.3) is 0 Å². The first-order valence-electron chi connectivity index (χ1n) is 10.2. The maximum atomic E-state index is 12.6. The number of likely N-dealkylation sites (tertiary alicyclic amines) is 2. The number of carbonyl (C=O) groups excluding carboxylic acids is 1. The van der Waals surface area contributed by atoms with E-state index in [2.05, 4.69) is 26.9 Å². The van der Waals surface area contributed by atoms with Crippen LogP contribution in [0.2, 0.25) is 0 Å². The van der Waals surface area contributed by atoms with Crippen LogP contribution in [0.3, 0.4) is 0 Å². The minimum absolute atomic E-state index is 0.195. The summed E-state index contributed by atoms with van der Waals surface area (Å²) in [5, 5.41) is 4.38. The second kappa shape index (κ2) is 7.62. The number of aromatic nitrogens is 4. The molecule has 0 radical (unpaired) electrons. The second-order valence-corrected chi connectivity index (χ2v) is 8.59. The molecular formula is C21H30N6O. The van der Waals surface area contributed by atoms with Gasteiger partial charge in [0.15, 0.2) is 0 Å². The molecule has 0 unspecified atom stereocenters. The summed E-state index contributed by atoms with van der Waals surface area (Å²) in [6.07, 6.45) is 9.57. The van der Waals surface area contributed by atoms with Crippen molar-refractivity contribution in [3.8, 4) is 0 Å². The molecule has 0 N–H and O–H groups in total. The predicted octanol–water partition coefficient (Wildman–Crippen LogP) is 2.23. The van der Waals surface area contributed by atoms with Gasteiger partial charge in [-0.05, 0) is 39.7 Å². The highest BCUT2D eigenvalue weighted by Gasteiger charge is 2.41. The van der Waals surface area contributed by atoms with Crippen LogP contribution in [-0.2, 0) is 24.9 Å². The summed E-state index contributed by atoms with van der Waals surface area (Å²) in [7, 11) is 2.00. The molecule has 0 aliphatic carbocycles. The average molecular weight is 383 g/mol. The lowest BCUT2D eigenvalue weighted by molar-refractivity contribution is -0.140. The number of amides is 1. The largest absolute Gasteiger partial charge is 0.336 e. The molecule has 1 amide bonds. The Morgan fingerprint density at radius 2 is 1.93 bits per heavy atom. The molecule has 4 heterocycles. The van der Waals surface area contributed by atoms with Crippen molar-refractivity contribution in [3.63, 3.8) is 0 Å². The summed E-state index contributed by atoms with van der Waals surface area (Å²) in [4.78, 5) is 25.9. The Balaban J connectivity index is 1.44. The third kappa shape index (κ3) is 3.94. The van der Waals surface area contributed by atoms with Gasteiger partial charge in [-0.25, -0.2) is 0 Å². The van der Waals surface area contributed by atoms with Gasteiger partial charge in [0.05, 0.1) is 30.3 Å². The number of piperidine rings is 2. The van der Waals surface area contributed by atoms with Crippen LogP contribution in [-0.4, -0.2) is 55.1 Å². The predicted molar refractivity (Wildman–Crippen MR) is 106 cm³/mol. The lowest BCUT2D eigenvalue weighted by Gasteiger charge is -2.48. The fourth-order valence-electron chi connectivity index (χ4n) is 4.66. The lowest BCUT2D eigenvalue weighted by atomic mass is 9.73. The van der Waals surface area contributed by atoms with Crippen molar-refractivity contribution in [1.82, 2.24) is 29.5 Å². The van der Waals surface area contributed by atoms with E-state index in [4.69, 9.17) is 0 Å². The molecule has 2 aromatic rings. The fraction of sp³-hybridized carbons (Fsp3) is 0.619. The van der Waals surface area contributed by atoms with Gasteiger partial charge in [0.1, 0.15) is 0 Å². The zero-order valence-electron chi connectivity index (χ0n) is 17.2. The van der Waals surface area contributed by atoms with E-state index < -0.39 is 0 Å². The lowest BCUT2D eigenvalue weighted by Crippen LogP contribution is -2.53. The van der Waals surface area contributed by atoms with Gasteiger partial charge >= 0.3 is 0 Å². The van der Waals surface area contributed by atoms with Gasteiger partial charge in [-0.3, -0.25) is 24.3 Å². The summed E-state index contributed by atoms with van der Waals surface area (Å²) in [6.45, 7) is 8.56. The molecule has 7 heteroatoms. The van der Waals surface area contributed by atoms with Crippen LogP contribution in [0.4, 0.5) is 0 Å². The molecule has 0 saturated carbocycles. The molecule has 2 aliphatic heterocycles. The minimum atomic E-state index is 0.195. The third-order valence-corrected chi connectivity index (χ3v) is 6.41. The van der Waals surface area contributed by atoms with Crippen molar-refractivity contribution < 1.29 is 4.79 Å². The van der Waals surface area contributed by atoms with E-state index in [1.54, 1.807) is 12.4 Å². The van der Waals surface area contributed by atoms with Crippen LogP contribution < -0.4 is 0 Å². The number of nitrogens with zero attached hydrogens (tertiary/aromatic N) is 6. The van der Waals surface area contributed by atoms with Gasteiger partial charge in [0.25, 0.3) is 0 Å². The van der Waals surface area contributed by atoms with Gasteiger partial charge < -0.3 is 4.90 Å². The Kier molecular flexibility index (Phi) is 5.19. The topological polar surface area (TPSA) is 67.2 Å². The molecule has 28 heavy (non-hydrogen) atoms. The molecule has 150 valence electrons. The zero-order valence-corrected chi connectivity index (χ0v) is 17.2. The van der Waals surface area contributed by atoms with Crippen molar-refractivity contribution in [2.24, 2.45) is 12.5 Å². The van der Waals surface area contributed by atoms with Gasteiger partial charge in [0.2, 0.25) is 5.91 Å². The Morgan fingerprint density at radius 3 is 2.64 bits per heavy atom. The molecule has 7 nitrogen and oxygen atoms in total. The molecule has 2 fully saturated rings. The number of hydrogen-bond acceptors (Lipinski definition) is 5. The van der Waals surface area contributed by atoms with Crippen LogP contribution in [0.5, 0.6) is 0 Å². The summed E-state index contributed by atoms with van der Waals surface area (Å²) in [5.74, 6) is 0.244. The highest BCUT2D eigenvalue weighted by Crippen LogP contribution is 2.39. The molecule has 1 atom stereocenters. The van der Waals surface area contributed by atoms with E-state index in [1.807, 2.05) is 29.7 Å². The van der Waals surface area contributed by atoms with Gasteiger partial charge in [0, 0.05) is 56.0 Å². The molecule has 1 spiro atoms. The summed E-state index contributed by atoms with van der Waals surface area (Å²) < 4.78 is 1.94. The molecule has 0 aromatic carbocycles. The Morgan fingerprint density at radius 1 is 1.07 bits per heavy atom. The quantitative estimate of drug-likeness (QED) is 0.811. The van der Waals surface area contributed by atoms with Crippen molar-refractivity contribution in [2.75, 3.05) is 19.6 Å². The number of rotatable bonds is 4. The summed E-state index contributed by atoms with van der Waals surface area (Å²) in [5.41, 5.74) is 4.50. The maximum Gasteiger partial charge on any atom is 0.222 e. The first kappa shape index (κ1) is 19.1. The first-order chi connectivity index (χ1) is 13.4. The zero-order chi connectivity index (χ0) is 19.7. The van der Waals surface area contributed by atoms with Crippen molar-refractivity contribution in [3.05, 3.63) is 41.2 Å². The molecule has 2 aliphatic rings. The van der Waals surface area contributed by atoms with Crippen LogP contribution in [0.15, 0.2) is 18.6 Å². The van der Waals surface area contributed by atoms with Crippen molar-refractivity contribution >= 4 is 5.91 Å². The van der Waals surface area contributed by atoms with E-state index >= 15 is 0 Å². The second-order valence-electron chi connectivity index (χ2n) is 8.59. The van der Waals surface area contributed by atoms with Crippen LogP contribution in [0.1, 0.15) is 48.3 Å². The van der Waals surface area contributed by atoms with Crippen LogP contribution >= 0.6 is 0 Å². The minimum Gasteiger partial charge on any atom is -0.336 e. The Labute approximate surface area is 166 Å². The van der Waals surface area contributed by atoms with Gasteiger partial charge in [-0.1, -0.05) is 0 Å². The van der Waals surface area contributed by atoms with Gasteiger partial charge in [-0.2, -0.15) is 5.10 Å². The normalized spacial score (nSPS) is 23.5. The highest BCUT2D eigenvalue weighted by molar-refractivity contribution is 5.77. The van der Waals surface area contributed by atoms with E-state index in [0.717, 1.165) is 44.0 Å². The maximum absolute atomic E-state index is 12.6. The summed E-state index contributed by atoms with van der Waals surface area (Å²) >= 11 is 0. The fourth-order valence-corrected chi connectivity index (χ4v) is 4.66. The van der Waals surface area contributed by atoms with Crippen molar-refractivity contribution in [1.29, 1.82) is 0 Å². The first-order valence-corrected chi connectivity index (χ1v) is 10.2. The standard InChI is InChI=1S/C21H30N6O/c1-16-9-23-19(11-22-16)13-27-15-21(7-5-20(27)28)6-4-8-26(14-21)12-18-10-24-25(3)17(18)2/h9-11H,4-8,12-15H2,1-3H3/t21-/m1/s1. The number of hydrogen-bond donors (Lipinski definition) is 0. The van der Waals surface area contributed by atoms with Crippen LogP contribution in [0, 0.1) is 19.3 Å². The monoisotopic (exact) mass is 382 g/mol. The molecular weight excluding hydrogens is 352 g/mol. The Hall–Kier alpha value is -2.28. The van der Waals surface area contributed by atoms with Gasteiger partial charge in [-0.15, -0.1) is 0 Å². The number of carbonyl (C=O) groups is 1. The SMILES string of the molecule is Cc1cnc(CN2C[C@]3(CCCN(Cc4cnn(C)c4C)C3)CCC2=O)cn1. The molecule has 4 rings (SSSR count). The number of aryl methyl sites for hydroxylation is 2. The van der Waals surface area contributed by atoms with E-state index in [1.165, 1.54) is 24.1 Å². The highest BCUT2D eigenvalue weighted by atomic mass is 16.2. The van der Waals surface area contributed by atoms with E-state index in [9.17, 15) is 4.79 Å².